The number of rotatable bonds is 1. The molecule has 0 unspecified atom stereocenters. The molecule has 2 heterocycles. The van der Waals surface area contributed by atoms with Crippen LogP contribution in [0, 0.1) is 0 Å². The number of piperazine rings is 1. The molecule has 0 aromatic carbocycles. The maximum absolute atomic E-state index is 4.42. The van der Waals surface area contributed by atoms with Crippen LogP contribution in [0.2, 0.25) is 0 Å². The second-order valence-electron chi connectivity index (χ2n) is 5.05. The molecule has 1 aromatic rings. The molecule has 2 rings (SSSR count). The molecule has 4 nitrogen and oxygen atoms in total. The third-order valence-electron chi connectivity index (χ3n) is 2.74. The van der Waals surface area contributed by atoms with Crippen LogP contribution in [-0.4, -0.2) is 36.0 Å². The summed E-state index contributed by atoms with van der Waals surface area (Å²) in [4.78, 5) is 2.38. The molecule has 4 heteroatoms. The van der Waals surface area contributed by atoms with Gasteiger partial charge in [0.1, 0.15) is 0 Å². The molecule has 1 fully saturated rings. The quantitative estimate of drug-likeness (QED) is 0.749. The summed E-state index contributed by atoms with van der Waals surface area (Å²) in [5, 5.41) is 7.77. The zero-order valence-corrected chi connectivity index (χ0v) is 9.82. The Morgan fingerprint density at radius 1 is 1.27 bits per heavy atom. The van der Waals surface area contributed by atoms with Crippen molar-refractivity contribution in [3.63, 3.8) is 0 Å². The summed E-state index contributed by atoms with van der Waals surface area (Å²) >= 11 is 0. The van der Waals surface area contributed by atoms with Gasteiger partial charge in [-0.15, -0.1) is 0 Å². The molecule has 1 aromatic heterocycles. The molecule has 0 amide bonds. The van der Waals surface area contributed by atoms with E-state index < -0.39 is 0 Å². The molecule has 0 bridgehead atoms. The van der Waals surface area contributed by atoms with Crippen LogP contribution in [0.5, 0.6) is 0 Å². The number of anilines is 1. The Kier molecular flexibility index (Phi) is 2.69. The fraction of sp³-hybridized carbons (Fsp3) is 0.727. The molecule has 0 atom stereocenters. The fourth-order valence-electron chi connectivity index (χ4n) is 1.77. The van der Waals surface area contributed by atoms with Gasteiger partial charge in [0.15, 0.2) is 0 Å². The van der Waals surface area contributed by atoms with Crippen molar-refractivity contribution in [3.8, 4) is 0 Å². The van der Waals surface area contributed by atoms with E-state index in [4.69, 9.17) is 0 Å². The molecular weight excluding hydrogens is 188 g/mol. The molecule has 0 aliphatic carbocycles. The first-order chi connectivity index (χ1) is 7.07. The lowest BCUT2D eigenvalue weighted by atomic mass is 10.1. The first-order valence-corrected chi connectivity index (χ1v) is 5.58. The van der Waals surface area contributed by atoms with Gasteiger partial charge in [0.25, 0.3) is 0 Å². The van der Waals surface area contributed by atoms with Crippen molar-refractivity contribution in [2.75, 3.05) is 31.1 Å². The summed E-state index contributed by atoms with van der Waals surface area (Å²) in [5.41, 5.74) is 1.32. The molecular formula is C11H20N4. The number of hydrogen-bond donors (Lipinski definition) is 1. The zero-order valence-electron chi connectivity index (χ0n) is 9.82. The summed E-state index contributed by atoms with van der Waals surface area (Å²) < 4.78 is 2.03. The summed E-state index contributed by atoms with van der Waals surface area (Å²) in [6, 6.07) is 0. The highest BCUT2D eigenvalue weighted by atomic mass is 15.3. The van der Waals surface area contributed by atoms with Crippen molar-refractivity contribution in [3.05, 3.63) is 12.4 Å². The van der Waals surface area contributed by atoms with Gasteiger partial charge in [0, 0.05) is 32.4 Å². The van der Waals surface area contributed by atoms with Gasteiger partial charge in [0.2, 0.25) is 0 Å². The second-order valence-corrected chi connectivity index (χ2v) is 5.05. The van der Waals surface area contributed by atoms with E-state index in [1.807, 2.05) is 10.9 Å². The Labute approximate surface area is 91.3 Å². The highest BCUT2D eigenvalue weighted by Crippen LogP contribution is 2.19. The van der Waals surface area contributed by atoms with E-state index in [0.717, 1.165) is 26.2 Å². The lowest BCUT2D eigenvalue weighted by Crippen LogP contribution is -2.43. The highest BCUT2D eigenvalue weighted by molar-refractivity contribution is 5.43. The molecule has 84 valence electrons. The number of nitrogens with one attached hydrogen (secondary N) is 1. The summed E-state index contributed by atoms with van der Waals surface area (Å²) in [7, 11) is 0. The largest absolute Gasteiger partial charge is 0.366 e. The third kappa shape index (κ3) is 2.31. The molecule has 1 aliphatic rings. The van der Waals surface area contributed by atoms with Gasteiger partial charge in [-0.2, -0.15) is 5.10 Å². The van der Waals surface area contributed by atoms with Gasteiger partial charge in [-0.25, -0.2) is 0 Å². The van der Waals surface area contributed by atoms with E-state index in [1.165, 1.54) is 5.69 Å². The van der Waals surface area contributed by atoms with Crippen molar-refractivity contribution in [1.82, 2.24) is 15.1 Å². The Morgan fingerprint density at radius 2 is 1.93 bits per heavy atom. The standard InChI is InChI=1S/C11H20N4/c1-11(2,3)15-9-10(8-13-15)14-6-4-12-5-7-14/h8-9,12H,4-7H2,1-3H3. The third-order valence-corrected chi connectivity index (χ3v) is 2.74. The minimum Gasteiger partial charge on any atom is -0.366 e. The zero-order chi connectivity index (χ0) is 10.9. The molecule has 0 saturated carbocycles. The van der Waals surface area contributed by atoms with Crippen molar-refractivity contribution in [2.45, 2.75) is 26.3 Å². The smallest absolute Gasteiger partial charge is 0.0753 e. The average Bonchev–Trinajstić information content (AvgIpc) is 2.67. The first-order valence-electron chi connectivity index (χ1n) is 5.58. The maximum Gasteiger partial charge on any atom is 0.0753 e. The Bertz CT molecular complexity index is 318. The van der Waals surface area contributed by atoms with Gasteiger partial charge in [-0.1, -0.05) is 0 Å². The number of hydrogen-bond acceptors (Lipinski definition) is 3. The van der Waals surface area contributed by atoms with Gasteiger partial charge < -0.3 is 10.2 Å². The average molecular weight is 208 g/mol. The molecule has 0 spiro atoms. The van der Waals surface area contributed by atoms with Crippen molar-refractivity contribution in [1.29, 1.82) is 0 Å². The van der Waals surface area contributed by atoms with Gasteiger partial charge >= 0.3 is 0 Å². The predicted octanol–water partition coefficient (Wildman–Crippen LogP) is 1.05. The van der Waals surface area contributed by atoms with E-state index in [1.54, 1.807) is 0 Å². The van der Waals surface area contributed by atoms with Crippen LogP contribution >= 0.6 is 0 Å². The minimum absolute atomic E-state index is 0.0757. The summed E-state index contributed by atoms with van der Waals surface area (Å²) in [6.45, 7) is 10.8. The second kappa shape index (κ2) is 3.85. The van der Waals surface area contributed by atoms with Crippen molar-refractivity contribution >= 4 is 5.69 Å². The highest BCUT2D eigenvalue weighted by Gasteiger charge is 2.17. The van der Waals surface area contributed by atoms with Crippen LogP contribution < -0.4 is 10.2 Å². The van der Waals surface area contributed by atoms with Crippen LogP contribution in [0.4, 0.5) is 5.69 Å². The van der Waals surface area contributed by atoms with Crippen LogP contribution in [0.3, 0.4) is 0 Å². The van der Waals surface area contributed by atoms with E-state index >= 15 is 0 Å². The van der Waals surface area contributed by atoms with E-state index in [9.17, 15) is 0 Å². The Hall–Kier alpha value is -1.03. The van der Waals surface area contributed by atoms with Crippen LogP contribution in [0.15, 0.2) is 12.4 Å². The maximum atomic E-state index is 4.42. The van der Waals surface area contributed by atoms with Crippen LogP contribution in [-0.2, 0) is 5.54 Å². The van der Waals surface area contributed by atoms with E-state index in [-0.39, 0.29) is 5.54 Å². The molecule has 1 aliphatic heterocycles. The van der Waals surface area contributed by atoms with Gasteiger partial charge in [-0.3, -0.25) is 4.68 Å². The normalized spacial score (nSPS) is 18.2. The lowest BCUT2D eigenvalue weighted by molar-refractivity contribution is 0.355. The molecule has 1 saturated heterocycles. The topological polar surface area (TPSA) is 33.1 Å². The van der Waals surface area contributed by atoms with Gasteiger partial charge in [0.05, 0.1) is 17.4 Å². The van der Waals surface area contributed by atoms with Crippen LogP contribution in [0.1, 0.15) is 20.8 Å². The lowest BCUT2D eigenvalue weighted by Gasteiger charge is -2.28. The van der Waals surface area contributed by atoms with Gasteiger partial charge in [-0.05, 0) is 20.8 Å². The minimum atomic E-state index is 0.0757. The number of nitrogens with zero attached hydrogens (tertiary/aromatic N) is 3. The monoisotopic (exact) mass is 208 g/mol. The van der Waals surface area contributed by atoms with Crippen LogP contribution in [0.25, 0.3) is 0 Å². The van der Waals surface area contributed by atoms with E-state index in [2.05, 4.69) is 42.3 Å². The molecule has 15 heavy (non-hydrogen) atoms. The predicted molar refractivity (Wildman–Crippen MR) is 62.3 cm³/mol. The SMILES string of the molecule is CC(C)(C)n1cc(N2CCNCC2)cn1. The fourth-order valence-corrected chi connectivity index (χ4v) is 1.77. The first kappa shape index (κ1) is 10.5. The summed E-state index contributed by atoms with van der Waals surface area (Å²) in [5.74, 6) is 0. The van der Waals surface area contributed by atoms with Crippen molar-refractivity contribution in [2.24, 2.45) is 0 Å². The Morgan fingerprint density at radius 3 is 2.47 bits per heavy atom. The Balaban J connectivity index is 2.12. The van der Waals surface area contributed by atoms with E-state index in [0.29, 0.717) is 0 Å². The summed E-state index contributed by atoms with van der Waals surface area (Å²) in [6.07, 6.45) is 4.11. The molecule has 1 N–H and O–H groups in total. The van der Waals surface area contributed by atoms with Crippen molar-refractivity contribution < 1.29 is 0 Å². The number of aromatic nitrogens is 2. The molecule has 0 radical (unpaired) electrons.